The summed E-state index contributed by atoms with van der Waals surface area (Å²) in [5, 5.41) is 0. The van der Waals surface area contributed by atoms with Crippen molar-refractivity contribution in [2.45, 2.75) is 6.42 Å². The summed E-state index contributed by atoms with van der Waals surface area (Å²) >= 11 is 0. The Morgan fingerprint density at radius 2 is 1.46 bits per heavy atom. The number of rotatable bonds is 4. The topological polar surface area (TPSA) is 44.5 Å². The van der Waals surface area contributed by atoms with Crippen LogP contribution in [0.25, 0.3) is 11.1 Å². The molecule has 0 bridgehead atoms. The van der Waals surface area contributed by atoms with Crippen molar-refractivity contribution in [1.82, 2.24) is 0 Å². The average Bonchev–Trinajstić information content (AvgIpc) is 3.08. The number of hydrogen-bond acceptors (Lipinski definition) is 3. The lowest BCUT2D eigenvalue weighted by molar-refractivity contribution is 0.414. The molecule has 3 nitrogen and oxygen atoms in total. The van der Waals surface area contributed by atoms with E-state index in [-0.39, 0.29) is 0 Å². The summed E-state index contributed by atoms with van der Waals surface area (Å²) in [7, 11) is 3.36. The molecule has 130 valence electrons. The van der Waals surface area contributed by atoms with E-state index in [0.29, 0.717) is 0 Å². The Bertz CT molecular complexity index is 973. The van der Waals surface area contributed by atoms with Crippen molar-refractivity contribution < 1.29 is 9.47 Å². The smallest absolute Gasteiger partial charge is 0.121 e. The van der Waals surface area contributed by atoms with E-state index in [9.17, 15) is 0 Å². The van der Waals surface area contributed by atoms with Gasteiger partial charge in [0.05, 0.1) is 14.2 Å². The van der Waals surface area contributed by atoms with Crippen molar-refractivity contribution in [1.29, 1.82) is 0 Å². The van der Waals surface area contributed by atoms with Gasteiger partial charge in [0.25, 0.3) is 0 Å². The van der Waals surface area contributed by atoms with Crippen LogP contribution in [0.4, 0.5) is 5.69 Å². The van der Waals surface area contributed by atoms with Crippen molar-refractivity contribution in [3.63, 3.8) is 0 Å². The Labute approximate surface area is 153 Å². The fourth-order valence-electron chi connectivity index (χ4n) is 3.61. The molecule has 3 heteroatoms. The molecule has 0 saturated heterocycles. The van der Waals surface area contributed by atoms with Crippen LogP contribution in [0, 0.1) is 0 Å². The van der Waals surface area contributed by atoms with Crippen LogP contribution in [0.1, 0.15) is 22.3 Å². The molecule has 0 spiro atoms. The van der Waals surface area contributed by atoms with Crippen LogP contribution in [-0.4, -0.2) is 14.2 Å². The van der Waals surface area contributed by atoms with E-state index in [1.165, 1.54) is 22.3 Å². The van der Waals surface area contributed by atoms with Gasteiger partial charge in [0.1, 0.15) is 11.5 Å². The lowest BCUT2D eigenvalue weighted by atomic mass is 9.94. The number of fused-ring (bicyclic) bond motifs is 1. The van der Waals surface area contributed by atoms with E-state index >= 15 is 0 Å². The van der Waals surface area contributed by atoms with Gasteiger partial charge in [-0.2, -0.15) is 0 Å². The van der Waals surface area contributed by atoms with Gasteiger partial charge in [0, 0.05) is 18.2 Å². The monoisotopic (exact) mass is 343 g/mol. The Hall–Kier alpha value is -3.20. The molecule has 0 amide bonds. The normalized spacial score (nSPS) is 12.8. The van der Waals surface area contributed by atoms with Gasteiger partial charge >= 0.3 is 0 Å². The molecular weight excluding hydrogens is 322 g/mol. The summed E-state index contributed by atoms with van der Waals surface area (Å²) < 4.78 is 10.8. The molecule has 2 N–H and O–H groups in total. The molecule has 3 aromatic carbocycles. The molecule has 0 atom stereocenters. The molecule has 0 radical (unpaired) electrons. The molecule has 3 aromatic rings. The number of nitrogens with two attached hydrogens (primary N) is 1. The van der Waals surface area contributed by atoms with Gasteiger partial charge in [-0.1, -0.05) is 42.5 Å². The maximum absolute atomic E-state index is 6.35. The summed E-state index contributed by atoms with van der Waals surface area (Å²) in [6.07, 6.45) is 0.807. The van der Waals surface area contributed by atoms with E-state index in [4.69, 9.17) is 15.2 Å². The van der Waals surface area contributed by atoms with Gasteiger partial charge in [-0.3, -0.25) is 0 Å². The highest BCUT2D eigenvalue weighted by atomic mass is 16.5. The number of benzene rings is 3. The number of anilines is 1. The zero-order valence-corrected chi connectivity index (χ0v) is 15.0. The largest absolute Gasteiger partial charge is 0.497 e. The second-order valence-electron chi connectivity index (χ2n) is 6.37. The third kappa shape index (κ3) is 2.72. The predicted molar refractivity (Wildman–Crippen MR) is 106 cm³/mol. The van der Waals surface area contributed by atoms with E-state index in [0.717, 1.165) is 34.7 Å². The SMILES string of the molecule is COc1ccc(C2=C(c3ccccc3)c3cc(OC)cc(N)c3C2)cc1. The minimum Gasteiger partial charge on any atom is -0.497 e. The quantitative estimate of drug-likeness (QED) is 0.692. The lowest BCUT2D eigenvalue weighted by Crippen LogP contribution is -1.97. The lowest BCUT2D eigenvalue weighted by Gasteiger charge is -2.12. The summed E-state index contributed by atoms with van der Waals surface area (Å²) in [6.45, 7) is 0. The van der Waals surface area contributed by atoms with Crippen LogP contribution in [0.2, 0.25) is 0 Å². The van der Waals surface area contributed by atoms with Gasteiger partial charge in [-0.15, -0.1) is 0 Å². The molecule has 0 heterocycles. The third-order valence-corrected chi connectivity index (χ3v) is 4.92. The zero-order valence-electron chi connectivity index (χ0n) is 15.0. The van der Waals surface area contributed by atoms with Gasteiger partial charge in [0.15, 0.2) is 0 Å². The van der Waals surface area contributed by atoms with Gasteiger partial charge in [0.2, 0.25) is 0 Å². The van der Waals surface area contributed by atoms with Gasteiger partial charge in [-0.05, 0) is 51.6 Å². The molecule has 0 aromatic heterocycles. The highest BCUT2D eigenvalue weighted by molar-refractivity contribution is 6.05. The first kappa shape index (κ1) is 16.3. The molecule has 0 unspecified atom stereocenters. The maximum atomic E-state index is 6.35. The minimum absolute atomic E-state index is 0.774. The first-order chi connectivity index (χ1) is 12.7. The summed E-state index contributed by atoms with van der Waals surface area (Å²) in [6, 6.07) is 22.6. The van der Waals surface area contributed by atoms with Crippen molar-refractivity contribution >= 4 is 16.8 Å². The Morgan fingerprint density at radius 3 is 2.12 bits per heavy atom. The first-order valence-electron chi connectivity index (χ1n) is 8.61. The molecule has 1 aliphatic rings. The van der Waals surface area contributed by atoms with Crippen molar-refractivity contribution in [3.05, 3.63) is 89.0 Å². The van der Waals surface area contributed by atoms with Gasteiger partial charge < -0.3 is 15.2 Å². The predicted octanol–water partition coefficient (Wildman–Crippen LogP) is 4.80. The van der Waals surface area contributed by atoms with E-state index in [2.05, 4.69) is 42.5 Å². The fraction of sp³-hybridized carbons (Fsp3) is 0.130. The molecule has 4 rings (SSSR count). The summed E-state index contributed by atoms with van der Waals surface area (Å²) in [4.78, 5) is 0. The number of allylic oxidation sites excluding steroid dienone is 1. The minimum atomic E-state index is 0.774. The highest BCUT2D eigenvalue weighted by Crippen LogP contribution is 2.45. The Kier molecular flexibility index (Phi) is 4.13. The van der Waals surface area contributed by atoms with E-state index in [1.807, 2.05) is 24.3 Å². The second kappa shape index (κ2) is 6.60. The average molecular weight is 343 g/mol. The maximum Gasteiger partial charge on any atom is 0.121 e. The van der Waals surface area contributed by atoms with Crippen LogP contribution < -0.4 is 15.2 Å². The first-order valence-corrected chi connectivity index (χ1v) is 8.61. The van der Waals surface area contributed by atoms with E-state index in [1.54, 1.807) is 14.2 Å². The molecule has 26 heavy (non-hydrogen) atoms. The molecule has 0 saturated carbocycles. The van der Waals surface area contributed by atoms with Gasteiger partial charge in [-0.25, -0.2) is 0 Å². The Morgan fingerprint density at radius 1 is 0.769 bits per heavy atom. The number of nitrogen functional groups attached to an aromatic ring is 1. The summed E-state index contributed by atoms with van der Waals surface area (Å²) in [5.41, 5.74) is 14.3. The molecular formula is C23H21NO2. The number of ether oxygens (including phenoxy) is 2. The van der Waals surface area contributed by atoms with Crippen LogP contribution in [-0.2, 0) is 6.42 Å². The van der Waals surface area contributed by atoms with Crippen LogP contribution >= 0.6 is 0 Å². The van der Waals surface area contributed by atoms with E-state index < -0.39 is 0 Å². The third-order valence-electron chi connectivity index (χ3n) is 4.92. The Balaban J connectivity index is 1.94. The fourth-order valence-corrected chi connectivity index (χ4v) is 3.61. The highest BCUT2D eigenvalue weighted by Gasteiger charge is 2.26. The molecule has 0 aliphatic heterocycles. The van der Waals surface area contributed by atoms with Crippen molar-refractivity contribution in [2.75, 3.05) is 20.0 Å². The van der Waals surface area contributed by atoms with Crippen LogP contribution in [0.15, 0.2) is 66.7 Å². The van der Waals surface area contributed by atoms with Crippen molar-refractivity contribution in [3.8, 4) is 11.5 Å². The van der Waals surface area contributed by atoms with Crippen LogP contribution in [0.3, 0.4) is 0 Å². The van der Waals surface area contributed by atoms with Crippen LogP contribution in [0.5, 0.6) is 11.5 Å². The zero-order chi connectivity index (χ0) is 18.1. The molecule has 1 aliphatic carbocycles. The van der Waals surface area contributed by atoms with Crippen molar-refractivity contribution in [2.24, 2.45) is 0 Å². The number of methoxy groups -OCH3 is 2. The molecule has 0 fully saturated rings. The second-order valence-corrected chi connectivity index (χ2v) is 6.37. The standard InChI is InChI=1S/C23H21NO2/c1-25-17-10-8-15(9-11-17)19-14-20-21(12-18(26-2)13-22(20)24)23(19)16-6-4-3-5-7-16/h3-13H,14,24H2,1-2H3. The number of hydrogen-bond donors (Lipinski definition) is 1. The summed E-state index contributed by atoms with van der Waals surface area (Å²) in [5.74, 6) is 1.64.